The SMILES string of the molecule is C[C@@H]1CN(c2cccc3c2C[C@@H](CN(C)[C@H]2CCCc4cccnc42)NC3)C[C@H](C)N1. The molecule has 5 heteroatoms. The van der Waals surface area contributed by atoms with E-state index in [4.69, 9.17) is 4.98 Å². The van der Waals surface area contributed by atoms with Gasteiger partial charge in [0.15, 0.2) is 0 Å². The summed E-state index contributed by atoms with van der Waals surface area (Å²) in [5, 5.41) is 7.50. The van der Waals surface area contributed by atoms with E-state index in [1.807, 2.05) is 6.20 Å². The second-order valence-corrected chi connectivity index (χ2v) is 9.97. The Balaban J connectivity index is 1.32. The third-order valence-corrected chi connectivity index (χ3v) is 7.38. The first kappa shape index (κ1) is 20.9. The van der Waals surface area contributed by atoms with Gasteiger partial charge < -0.3 is 15.5 Å². The van der Waals surface area contributed by atoms with E-state index in [-0.39, 0.29) is 0 Å². The van der Waals surface area contributed by atoms with Crippen molar-refractivity contribution in [3.8, 4) is 0 Å². The highest BCUT2D eigenvalue weighted by Crippen LogP contribution is 2.33. The molecular formula is C26H37N5. The Morgan fingerprint density at radius 1 is 1.10 bits per heavy atom. The molecule has 1 fully saturated rings. The van der Waals surface area contributed by atoms with Crippen LogP contribution in [0.15, 0.2) is 36.5 Å². The van der Waals surface area contributed by atoms with Crippen molar-refractivity contribution in [2.75, 3.05) is 31.6 Å². The summed E-state index contributed by atoms with van der Waals surface area (Å²) in [6.45, 7) is 8.80. The number of nitrogens with one attached hydrogen (secondary N) is 2. The molecule has 2 N–H and O–H groups in total. The van der Waals surface area contributed by atoms with Gasteiger partial charge in [0.2, 0.25) is 0 Å². The van der Waals surface area contributed by atoms with Gasteiger partial charge in [-0.3, -0.25) is 9.88 Å². The molecule has 2 aromatic rings. The summed E-state index contributed by atoms with van der Waals surface area (Å²) >= 11 is 0. The fourth-order valence-corrected chi connectivity index (χ4v) is 6.03. The highest BCUT2D eigenvalue weighted by Gasteiger charge is 2.30. The van der Waals surface area contributed by atoms with Crippen molar-refractivity contribution in [1.29, 1.82) is 0 Å². The molecule has 1 saturated heterocycles. The van der Waals surface area contributed by atoms with E-state index < -0.39 is 0 Å². The van der Waals surface area contributed by atoms with Crippen LogP contribution in [0.25, 0.3) is 0 Å². The number of aryl methyl sites for hydroxylation is 1. The minimum Gasteiger partial charge on any atom is -0.368 e. The minimum atomic E-state index is 0.443. The quantitative estimate of drug-likeness (QED) is 0.796. The zero-order valence-electron chi connectivity index (χ0n) is 19.3. The first-order valence-electron chi connectivity index (χ1n) is 12.1. The summed E-state index contributed by atoms with van der Waals surface area (Å²) in [6.07, 6.45) is 6.71. The molecular weight excluding hydrogens is 382 g/mol. The Kier molecular flexibility index (Phi) is 6.00. The maximum absolute atomic E-state index is 4.77. The van der Waals surface area contributed by atoms with E-state index >= 15 is 0 Å². The number of nitrogens with zero attached hydrogens (tertiary/aromatic N) is 3. The Bertz CT molecular complexity index is 902. The molecule has 31 heavy (non-hydrogen) atoms. The average Bonchev–Trinajstić information content (AvgIpc) is 2.77. The van der Waals surface area contributed by atoms with Crippen molar-refractivity contribution in [3.05, 3.63) is 58.9 Å². The van der Waals surface area contributed by atoms with Gasteiger partial charge in [0.25, 0.3) is 0 Å². The van der Waals surface area contributed by atoms with Gasteiger partial charge in [-0.25, -0.2) is 0 Å². The molecule has 2 aliphatic heterocycles. The van der Waals surface area contributed by atoms with E-state index in [2.05, 4.69) is 71.7 Å². The van der Waals surface area contributed by atoms with Gasteiger partial charge in [-0.2, -0.15) is 0 Å². The second-order valence-electron chi connectivity index (χ2n) is 9.97. The van der Waals surface area contributed by atoms with E-state index in [0.29, 0.717) is 24.2 Å². The molecule has 5 rings (SSSR count). The highest BCUT2D eigenvalue weighted by atomic mass is 15.2. The first-order chi connectivity index (χ1) is 15.1. The van der Waals surface area contributed by atoms with Gasteiger partial charge >= 0.3 is 0 Å². The topological polar surface area (TPSA) is 43.4 Å². The van der Waals surface area contributed by atoms with Crippen LogP contribution in [0.4, 0.5) is 5.69 Å². The Morgan fingerprint density at radius 3 is 2.74 bits per heavy atom. The van der Waals surface area contributed by atoms with Gasteiger partial charge in [0.1, 0.15) is 0 Å². The molecule has 0 bridgehead atoms. The molecule has 3 aliphatic rings. The lowest BCUT2D eigenvalue weighted by Crippen LogP contribution is -2.55. The van der Waals surface area contributed by atoms with Crippen molar-refractivity contribution in [3.63, 3.8) is 0 Å². The maximum atomic E-state index is 4.77. The predicted octanol–water partition coefficient (Wildman–Crippen LogP) is 3.29. The summed E-state index contributed by atoms with van der Waals surface area (Å²) in [5.74, 6) is 0. The van der Waals surface area contributed by atoms with Crippen LogP contribution in [0.5, 0.6) is 0 Å². The summed E-state index contributed by atoms with van der Waals surface area (Å²) in [4.78, 5) is 9.92. The molecule has 3 heterocycles. The molecule has 166 valence electrons. The van der Waals surface area contributed by atoms with Crippen LogP contribution in [0.3, 0.4) is 0 Å². The van der Waals surface area contributed by atoms with Crippen LogP contribution in [0, 0.1) is 0 Å². The van der Waals surface area contributed by atoms with Gasteiger partial charge in [-0.1, -0.05) is 18.2 Å². The van der Waals surface area contributed by atoms with Gasteiger partial charge in [-0.15, -0.1) is 0 Å². The van der Waals surface area contributed by atoms with Crippen molar-refractivity contribution in [1.82, 2.24) is 20.5 Å². The standard InChI is InChI=1S/C26H37N5/c1-18-15-31(16-19(2)29-18)24-10-5-8-21-14-28-22(13-23(21)24)17-30(3)25-11-4-7-20-9-6-12-27-26(20)25/h5-6,8-10,12,18-19,22,25,28-29H,4,7,11,13-17H2,1-3H3/t18-,19+,22-,25-/m0/s1. The van der Waals surface area contributed by atoms with Gasteiger partial charge in [-0.05, 0) is 75.4 Å². The molecule has 0 saturated carbocycles. The second kappa shape index (κ2) is 8.89. The zero-order valence-corrected chi connectivity index (χ0v) is 19.3. The number of hydrogen-bond acceptors (Lipinski definition) is 5. The lowest BCUT2D eigenvalue weighted by molar-refractivity contribution is 0.191. The average molecular weight is 420 g/mol. The van der Waals surface area contributed by atoms with Crippen molar-refractivity contribution in [2.24, 2.45) is 0 Å². The van der Waals surface area contributed by atoms with E-state index in [1.54, 1.807) is 5.56 Å². The number of piperazine rings is 1. The van der Waals surface area contributed by atoms with Gasteiger partial charge in [0, 0.05) is 56.2 Å². The highest BCUT2D eigenvalue weighted by molar-refractivity contribution is 5.58. The number of likely N-dealkylation sites (N-methyl/N-ethyl adjacent to an activating group) is 1. The molecule has 1 aromatic carbocycles. The smallest absolute Gasteiger partial charge is 0.0607 e. The van der Waals surface area contributed by atoms with Crippen LogP contribution < -0.4 is 15.5 Å². The minimum absolute atomic E-state index is 0.443. The fourth-order valence-electron chi connectivity index (χ4n) is 6.03. The fraction of sp³-hybridized carbons (Fsp3) is 0.577. The molecule has 0 amide bonds. The molecule has 1 aliphatic carbocycles. The molecule has 4 atom stereocenters. The molecule has 5 nitrogen and oxygen atoms in total. The van der Waals surface area contributed by atoms with E-state index in [9.17, 15) is 0 Å². The lowest BCUT2D eigenvalue weighted by atomic mass is 9.89. The number of benzene rings is 1. The molecule has 0 spiro atoms. The van der Waals surface area contributed by atoms with Crippen molar-refractivity contribution >= 4 is 5.69 Å². The lowest BCUT2D eigenvalue weighted by Gasteiger charge is -2.41. The Labute approximate surface area is 187 Å². The van der Waals surface area contributed by atoms with Crippen LogP contribution in [0.1, 0.15) is 55.1 Å². The summed E-state index contributed by atoms with van der Waals surface area (Å²) < 4.78 is 0. The third kappa shape index (κ3) is 4.36. The van der Waals surface area contributed by atoms with Crippen LogP contribution in [-0.2, 0) is 19.4 Å². The summed E-state index contributed by atoms with van der Waals surface area (Å²) in [6, 6.07) is 13.2. The van der Waals surface area contributed by atoms with Crippen LogP contribution >= 0.6 is 0 Å². The third-order valence-electron chi connectivity index (χ3n) is 7.38. The number of hydrogen-bond donors (Lipinski definition) is 2. The van der Waals surface area contributed by atoms with E-state index in [0.717, 1.165) is 32.6 Å². The number of aromatic nitrogens is 1. The number of anilines is 1. The number of rotatable bonds is 4. The number of pyridine rings is 1. The first-order valence-corrected chi connectivity index (χ1v) is 12.1. The predicted molar refractivity (Wildman–Crippen MR) is 128 cm³/mol. The van der Waals surface area contributed by atoms with Crippen molar-refractivity contribution in [2.45, 2.75) is 70.2 Å². The Hall–Kier alpha value is -1.95. The van der Waals surface area contributed by atoms with Crippen LogP contribution in [-0.4, -0.2) is 54.7 Å². The van der Waals surface area contributed by atoms with E-state index in [1.165, 1.54) is 41.8 Å². The number of fused-ring (bicyclic) bond motifs is 2. The Morgan fingerprint density at radius 2 is 1.90 bits per heavy atom. The summed E-state index contributed by atoms with van der Waals surface area (Å²) in [7, 11) is 2.29. The summed E-state index contributed by atoms with van der Waals surface area (Å²) in [5.41, 5.74) is 7.23. The van der Waals surface area contributed by atoms with Crippen molar-refractivity contribution < 1.29 is 0 Å². The largest absolute Gasteiger partial charge is 0.368 e. The molecule has 1 aromatic heterocycles. The normalized spacial score (nSPS) is 28.3. The monoisotopic (exact) mass is 419 g/mol. The maximum Gasteiger partial charge on any atom is 0.0607 e. The molecule has 0 radical (unpaired) electrons. The van der Waals surface area contributed by atoms with Crippen LogP contribution in [0.2, 0.25) is 0 Å². The molecule has 0 unspecified atom stereocenters. The zero-order chi connectivity index (χ0) is 21.4. The van der Waals surface area contributed by atoms with Gasteiger partial charge in [0.05, 0.1) is 11.7 Å².